The zero-order chi connectivity index (χ0) is 11.4. The minimum atomic E-state index is -0.652. The number of carbonyl (C=O) groups excluding carboxylic acids is 2. The lowest BCUT2D eigenvalue weighted by Gasteiger charge is -1.95. The van der Waals surface area contributed by atoms with Gasteiger partial charge in [-0.15, -0.1) is 11.3 Å². The second kappa shape index (κ2) is 4.66. The van der Waals surface area contributed by atoms with Gasteiger partial charge in [-0.3, -0.25) is 4.79 Å². The first kappa shape index (κ1) is 11.3. The topological polar surface area (TPSA) is 80.0 Å². The lowest BCUT2D eigenvalue weighted by molar-refractivity contribution is 0.0591. The number of aromatic nitrogens is 1. The summed E-state index contributed by atoms with van der Waals surface area (Å²) < 4.78 is 4.49. The van der Waals surface area contributed by atoms with E-state index in [4.69, 9.17) is 5.26 Å². The van der Waals surface area contributed by atoms with E-state index < -0.39 is 5.97 Å². The van der Waals surface area contributed by atoms with Gasteiger partial charge in [-0.2, -0.15) is 5.26 Å². The zero-order valence-electron chi connectivity index (χ0n) is 8.23. The molecule has 0 N–H and O–H groups in total. The Morgan fingerprint density at radius 3 is 2.73 bits per heavy atom. The Balaban J connectivity index is 3.18. The first-order chi connectivity index (χ1) is 7.10. The highest BCUT2D eigenvalue weighted by molar-refractivity contribution is 7.14. The molecule has 0 radical (unpaired) electrons. The van der Waals surface area contributed by atoms with Gasteiger partial charge in [0.1, 0.15) is 9.88 Å². The standard InChI is InChI=1S/C9H8N2O3S/c1-5(12)8-7(9(13)14-2)11-6(15-8)3-4-10/h3H2,1-2H3. The normalized spacial score (nSPS) is 9.40. The van der Waals surface area contributed by atoms with Crippen molar-refractivity contribution in [1.82, 2.24) is 4.98 Å². The number of methoxy groups -OCH3 is 1. The summed E-state index contributed by atoms with van der Waals surface area (Å²) in [5, 5.41) is 8.92. The molecule has 0 saturated heterocycles. The lowest BCUT2D eigenvalue weighted by Crippen LogP contribution is -2.07. The fraction of sp³-hybridized carbons (Fsp3) is 0.333. The summed E-state index contributed by atoms with van der Waals surface area (Å²) in [5.74, 6) is -0.905. The van der Waals surface area contributed by atoms with E-state index in [9.17, 15) is 9.59 Å². The number of ether oxygens (including phenoxy) is 1. The molecule has 0 fully saturated rings. The Labute approximate surface area is 90.3 Å². The number of nitriles is 1. The van der Waals surface area contributed by atoms with Crippen LogP contribution in [0, 0.1) is 11.3 Å². The highest BCUT2D eigenvalue weighted by Gasteiger charge is 2.21. The predicted octanol–water partition coefficient (Wildman–Crippen LogP) is 1.20. The minimum absolute atomic E-state index is 0.000231. The summed E-state index contributed by atoms with van der Waals surface area (Å²) in [6.45, 7) is 1.34. The van der Waals surface area contributed by atoms with E-state index in [1.165, 1.54) is 14.0 Å². The maximum atomic E-state index is 11.2. The van der Waals surface area contributed by atoms with Crippen molar-refractivity contribution in [2.75, 3.05) is 7.11 Å². The third-order valence-corrected chi connectivity index (χ3v) is 2.76. The average Bonchev–Trinajstić information content (AvgIpc) is 2.61. The zero-order valence-corrected chi connectivity index (χ0v) is 9.05. The van der Waals surface area contributed by atoms with Crippen molar-refractivity contribution in [2.24, 2.45) is 0 Å². The third kappa shape index (κ3) is 2.39. The Bertz CT molecular complexity index is 445. The number of thiazole rings is 1. The van der Waals surface area contributed by atoms with Crippen LogP contribution in [0.5, 0.6) is 0 Å². The van der Waals surface area contributed by atoms with Crippen LogP contribution in [0.4, 0.5) is 0 Å². The Hall–Kier alpha value is -1.74. The van der Waals surface area contributed by atoms with Crippen LogP contribution in [0.1, 0.15) is 32.1 Å². The van der Waals surface area contributed by atoms with Crippen molar-refractivity contribution in [2.45, 2.75) is 13.3 Å². The summed E-state index contributed by atoms with van der Waals surface area (Å²) in [5.41, 5.74) is 0.000231. The van der Waals surface area contributed by atoms with Crippen LogP contribution in [-0.4, -0.2) is 23.8 Å². The van der Waals surface area contributed by atoms with Crippen LogP contribution >= 0.6 is 11.3 Å². The molecule has 5 nitrogen and oxygen atoms in total. The van der Waals surface area contributed by atoms with Crippen LogP contribution in [0.3, 0.4) is 0 Å². The molecule has 0 unspecified atom stereocenters. The van der Waals surface area contributed by atoms with Gasteiger partial charge in [-0.05, 0) is 0 Å². The SMILES string of the molecule is COC(=O)c1nc(CC#N)sc1C(C)=O. The largest absolute Gasteiger partial charge is 0.464 e. The Morgan fingerprint density at radius 1 is 1.60 bits per heavy atom. The molecule has 6 heteroatoms. The van der Waals surface area contributed by atoms with Crippen molar-refractivity contribution >= 4 is 23.1 Å². The van der Waals surface area contributed by atoms with Crippen molar-refractivity contribution in [3.63, 3.8) is 0 Å². The van der Waals surface area contributed by atoms with Crippen molar-refractivity contribution in [3.8, 4) is 6.07 Å². The second-order valence-electron chi connectivity index (χ2n) is 2.67. The Kier molecular flexibility index (Phi) is 3.52. The highest BCUT2D eigenvalue weighted by Crippen LogP contribution is 2.20. The first-order valence-corrected chi connectivity index (χ1v) is 4.87. The molecule has 0 bridgehead atoms. The molecule has 0 saturated carbocycles. The molecule has 0 aliphatic heterocycles. The van der Waals surface area contributed by atoms with Gasteiger partial charge in [-0.1, -0.05) is 0 Å². The Morgan fingerprint density at radius 2 is 2.27 bits per heavy atom. The molecular formula is C9H8N2O3S. The summed E-state index contributed by atoms with van der Waals surface area (Å²) in [4.78, 5) is 26.6. The first-order valence-electron chi connectivity index (χ1n) is 4.06. The van der Waals surface area contributed by atoms with Crippen molar-refractivity contribution < 1.29 is 14.3 Å². The molecule has 1 aromatic rings. The number of Topliss-reactive ketones (excluding diaryl/α,β-unsaturated/α-hetero) is 1. The molecule has 78 valence electrons. The molecular weight excluding hydrogens is 216 g/mol. The van der Waals surface area contributed by atoms with Gasteiger partial charge in [0, 0.05) is 6.92 Å². The van der Waals surface area contributed by atoms with E-state index in [1.807, 2.05) is 6.07 Å². The molecule has 0 aromatic carbocycles. The van der Waals surface area contributed by atoms with Gasteiger partial charge in [0.15, 0.2) is 11.5 Å². The second-order valence-corrected chi connectivity index (χ2v) is 3.75. The van der Waals surface area contributed by atoms with Gasteiger partial charge >= 0.3 is 5.97 Å². The smallest absolute Gasteiger partial charge is 0.358 e. The molecule has 1 heterocycles. The molecule has 0 aliphatic carbocycles. The number of nitrogens with zero attached hydrogens (tertiary/aromatic N) is 2. The predicted molar refractivity (Wildman–Crippen MR) is 52.8 cm³/mol. The minimum Gasteiger partial charge on any atom is -0.464 e. The fourth-order valence-corrected chi connectivity index (χ4v) is 1.86. The quantitative estimate of drug-likeness (QED) is 0.569. The molecule has 1 rings (SSSR count). The third-order valence-electron chi connectivity index (χ3n) is 1.60. The van der Waals surface area contributed by atoms with Gasteiger partial charge in [-0.25, -0.2) is 9.78 Å². The molecule has 0 spiro atoms. The van der Waals surface area contributed by atoms with E-state index in [0.717, 1.165) is 11.3 Å². The fourth-order valence-electron chi connectivity index (χ4n) is 0.981. The summed E-state index contributed by atoms with van der Waals surface area (Å²) in [6, 6.07) is 1.90. The molecule has 0 amide bonds. The van der Waals surface area contributed by atoms with Crippen molar-refractivity contribution in [1.29, 1.82) is 5.26 Å². The number of hydrogen-bond acceptors (Lipinski definition) is 6. The van der Waals surface area contributed by atoms with Crippen LogP contribution < -0.4 is 0 Å². The van der Waals surface area contributed by atoms with Crippen LogP contribution in [0.25, 0.3) is 0 Å². The number of rotatable bonds is 3. The van der Waals surface area contributed by atoms with E-state index in [2.05, 4.69) is 9.72 Å². The maximum Gasteiger partial charge on any atom is 0.358 e. The number of hydrogen-bond donors (Lipinski definition) is 0. The number of esters is 1. The number of carbonyl (C=O) groups is 2. The molecule has 0 atom stereocenters. The van der Waals surface area contributed by atoms with Gasteiger partial charge in [0.25, 0.3) is 0 Å². The molecule has 1 aromatic heterocycles. The van der Waals surface area contributed by atoms with E-state index in [-0.39, 0.29) is 22.8 Å². The van der Waals surface area contributed by atoms with E-state index in [0.29, 0.717) is 5.01 Å². The summed E-state index contributed by atoms with van der Waals surface area (Å²) >= 11 is 1.05. The van der Waals surface area contributed by atoms with Gasteiger partial charge in [0.2, 0.25) is 0 Å². The lowest BCUT2D eigenvalue weighted by atomic mass is 10.3. The van der Waals surface area contributed by atoms with Gasteiger partial charge in [0.05, 0.1) is 19.6 Å². The summed E-state index contributed by atoms with van der Waals surface area (Å²) in [7, 11) is 1.22. The molecule has 15 heavy (non-hydrogen) atoms. The highest BCUT2D eigenvalue weighted by atomic mass is 32.1. The average molecular weight is 224 g/mol. The maximum absolute atomic E-state index is 11.2. The van der Waals surface area contributed by atoms with Crippen LogP contribution in [-0.2, 0) is 11.2 Å². The monoisotopic (exact) mass is 224 g/mol. The van der Waals surface area contributed by atoms with Crippen molar-refractivity contribution in [3.05, 3.63) is 15.6 Å². The number of ketones is 1. The summed E-state index contributed by atoms with van der Waals surface area (Å²) in [6.07, 6.45) is 0.0853. The van der Waals surface area contributed by atoms with E-state index in [1.54, 1.807) is 0 Å². The van der Waals surface area contributed by atoms with Crippen LogP contribution in [0.15, 0.2) is 0 Å². The molecule has 0 aliphatic rings. The van der Waals surface area contributed by atoms with E-state index >= 15 is 0 Å². The van der Waals surface area contributed by atoms with Crippen LogP contribution in [0.2, 0.25) is 0 Å². The van der Waals surface area contributed by atoms with Gasteiger partial charge < -0.3 is 4.74 Å².